The lowest BCUT2D eigenvalue weighted by Crippen LogP contribution is -2.47. The smallest absolute Gasteiger partial charge is 0.119 e. The van der Waals surface area contributed by atoms with Crippen LogP contribution >= 0.6 is 0 Å². The van der Waals surface area contributed by atoms with Crippen molar-refractivity contribution in [2.45, 2.75) is 45.1 Å². The van der Waals surface area contributed by atoms with Gasteiger partial charge in [0, 0.05) is 5.69 Å². The van der Waals surface area contributed by atoms with E-state index in [0.717, 1.165) is 24.3 Å². The summed E-state index contributed by atoms with van der Waals surface area (Å²) >= 11 is 0. The maximum Gasteiger partial charge on any atom is 0.119 e. The van der Waals surface area contributed by atoms with Crippen molar-refractivity contribution in [2.24, 2.45) is 11.8 Å². The summed E-state index contributed by atoms with van der Waals surface area (Å²) in [7, 11) is 1.67. The van der Waals surface area contributed by atoms with Crippen molar-refractivity contribution in [1.29, 1.82) is 0 Å². The van der Waals surface area contributed by atoms with E-state index in [9.17, 15) is 5.11 Å². The zero-order chi connectivity index (χ0) is 14.6. The quantitative estimate of drug-likeness (QED) is 0.862. The molecule has 3 heteroatoms. The van der Waals surface area contributed by atoms with Crippen molar-refractivity contribution in [2.75, 3.05) is 19.0 Å². The highest BCUT2D eigenvalue weighted by atomic mass is 16.5. The van der Waals surface area contributed by atoms with E-state index >= 15 is 0 Å². The third-order valence-electron chi connectivity index (χ3n) is 4.63. The summed E-state index contributed by atoms with van der Waals surface area (Å²) in [6, 6.07) is 7.96. The molecule has 1 fully saturated rings. The van der Waals surface area contributed by atoms with Crippen LogP contribution in [0.1, 0.15) is 39.5 Å². The molecule has 1 saturated carbocycles. The molecule has 0 aromatic heterocycles. The highest BCUT2D eigenvalue weighted by molar-refractivity contribution is 5.48. The molecule has 2 rings (SSSR count). The summed E-state index contributed by atoms with van der Waals surface area (Å²) in [6.07, 6.45) is 4.56. The predicted octanol–water partition coefficient (Wildman–Crippen LogP) is 3.68. The molecule has 0 saturated heterocycles. The van der Waals surface area contributed by atoms with Crippen LogP contribution in [0.5, 0.6) is 5.75 Å². The number of aliphatic hydroxyl groups excluding tert-OH is 1. The van der Waals surface area contributed by atoms with Crippen LogP contribution in [0.15, 0.2) is 24.3 Å². The average molecular weight is 277 g/mol. The average Bonchev–Trinajstić information content (AvgIpc) is 2.48. The topological polar surface area (TPSA) is 41.5 Å². The Hall–Kier alpha value is -1.22. The highest BCUT2D eigenvalue weighted by Gasteiger charge is 2.36. The normalized spacial score (nSPS) is 26.6. The lowest BCUT2D eigenvalue weighted by molar-refractivity contribution is 0.126. The van der Waals surface area contributed by atoms with Crippen molar-refractivity contribution >= 4 is 5.69 Å². The van der Waals surface area contributed by atoms with Gasteiger partial charge in [-0.1, -0.05) is 26.7 Å². The van der Waals surface area contributed by atoms with Gasteiger partial charge in [-0.2, -0.15) is 0 Å². The maximum absolute atomic E-state index is 9.92. The largest absolute Gasteiger partial charge is 0.497 e. The lowest BCUT2D eigenvalue weighted by Gasteiger charge is -2.42. The summed E-state index contributed by atoms with van der Waals surface area (Å²) in [5.74, 6) is 2.23. The fraction of sp³-hybridized carbons (Fsp3) is 0.647. The number of hydrogen-bond donors (Lipinski definition) is 2. The monoisotopic (exact) mass is 277 g/mol. The second-order valence-corrected chi connectivity index (χ2v) is 6.39. The summed E-state index contributed by atoms with van der Waals surface area (Å²) in [6.45, 7) is 4.76. The molecule has 112 valence electrons. The van der Waals surface area contributed by atoms with Crippen molar-refractivity contribution in [3.63, 3.8) is 0 Å². The van der Waals surface area contributed by atoms with E-state index in [-0.39, 0.29) is 12.1 Å². The Kier molecular flexibility index (Phi) is 4.92. The van der Waals surface area contributed by atoms with E-state index in [1.165, 1.54) is 12.8 Å². The van der Waals surface area contributed by atoms with Crippen LogP contribution in [-0.2, 0) is 0 Å². The molecular weight excluding hydrogens is 250 g/mol. The molecule has 2 atom stereocenters. The van der Waals surface area contributed by atoms with Crippen LogP contribution in [0, 0.1) is 11.8 Å². The molecule has 20 heavy (non-hydrogen) atoms. The fourth-order valence-corrected chi connectivity index (χ4v) is 3.25. The molecule has 2 N–H and O–H groups in total. The van der Waals surface area contributed by atoms with Gasteiger partial charge in [0.25, 0.3) is 0 Å². The summed E-state index contributed by atoms with van der Waals surface area (Å²) < 4.78 is 5.18. The van der Waals surface area contributed by atoms with Crippen LogP contribution < -0.4 is 10.1 Å². The molecule has 0 radical (unpaired) electrons. The first-order valence-electron chi connectivity index (χ1n) is 7.62. The van der Waals surface area contributed by atoms with Gasteiger partial charge >= 0.3 is 0 Å². The van der Waals surface area contributed by atoms with Gasteiger partial charge < -0.3 is 15.2 Å². The van der Waals surface area contributed by atoms with Crippen LogP contribution in [0.2, 0.25) is 0 Å². The van der Waals surface area contributed by atoms with Gasteiger partial charge in [-0.15, -0.1) is 0 Å². The summed E-state index contributed by atoms with van der Waals surface area (Å²) in [5.41, 5.74) is 0.895. The van der Waals surface area contributed by atoms with Crippen molar-refractivity contribution in [3.8, 4) is 5.75 Å². The first-order chi connectivity index (χ1) is 9.58. The van der Waals surface area contributed by atoms with Gasteiger partial charge in [-0.05, 0) is 48.9 Å². The Bertz CT molecular complexity index is 416. The van der Waals surface area contributed by atoms with E-state index in [1.807, 2.05) is 24.3 Å². The van der Waals surface area contributed by atoms with Gasteiger partial charge in [0.2, 0.25) is 0 Å². The Balaban J connectivity index is 2.09. The maximum atomic E-state index is 9.92. The molecular formula is C17H27NO2. The standard InChI is InChI=1S/C17H27NO2/c1-13(2)14-5-4-10-17(11-14,12-19)18-15-6-8-16(20-3)9-7-15/h6-9,13-14,18-19H,4-5,10-12H2,1-3H3. The fourth-order valence-electron chi connectivity index (χ4n) is 3.25. The van der Waals surface area contributed by atoms with Crippen LogP contribution in [-0.4, -0.2) is 24.4 Å². The Morgan fingerprint density at radius 1 is 1.35 bits per heavy atom. The Labute approximate surface area is 122 Å². The number of methoxy groups -OCH3 is 1. The van der Waals surface area contributed by atoms with Crippen molar-refractivity contribution in [3.05, 3.63) is 24.3 Å². The van der Waals surface area contributed by atoms with E-state index in [0.29, 0.717) is 11.8 Å². The number of hydrogen-bond acceptors (Lipinski definition) is 3. The molecule has 1 aliphatic carbocycles. The molecule has 1 aliphatic rings. The zero-order valence-electron chi connectivity index (χ0n) is 12.9. The highest BCUT2D eigenvalue weighted by Crippen LogP contribution is 2.38. The number of aliphatic hydroxyl groups is 1. The van der Waals surface area contributed by atoms with Crippen LogP contribution in [0.4, 0.5) is 5.69 Å². The zero-order valence-corrected chi connectivity index (χ0v) is 12.9. The minimum absolute atomic E-state index is 0.165. The molecule has 1 aromatic carbocycles. The molecule has 0 aliphatic heterocycles. The van der Waals surface area contributed by atoms with Crippen LogP contribution in [0.3, 0.4) is 0 Å². The van der Waals surface area contributed by atoms with E-state index < -0.39 is 0 Å². The van der Waals surface area contributed by atoms with Gasteiger partial charge in [0.05, 0.1) is 19.3 Å². The molecule has 1 aromatic rings. The second kappa shape index (κ2) is 6.49. The molecule has 2 unspecified atom stereocenters. The number of benzene rings is 1. The van der Waals surface area contributed by atoms with Crippen molar-refractivity contribution in [1.82, 2.24) is 0 Å². The van der Waals surface area contributed by atoms with E-state index in [2.05, 4.69) is 19.2 Å². The summed E-state index contributed by atoms with van der Waals surface area (Å²) in [4.78, 5) is 0. The molecule has 0 spiro atoms. The number of anilines is 1. The second-order valence-electron chi connectivity index (χ2n) is 6.39. The summed E-state index contributed by atoms with van der Waals surface area (Å²) in [5, 5.41) is 13.5. The minimum atomic E-state index is -0.165. The van der Waals surface area contributed by atoms with E-state index in [1.54, 1.807) is 7.11 Å². The van der Waals surface area contributed by atoms with Gasteiger partial charge in [-0.3, -0.25) is 0 Å². The van der Waals surface area contributed by atoms with Gasteiger partial charge in [-0.25, -0.2) is 0 Å². The molecule has 0 bridgehead atoms. The Morgan fingerprint density at radius 2 is 2.05 bits per heavy atom. The molecule has 3 nitrogen and oxygen atoms in total. The number of ether oxygens (including phenoxy) is 1. The third kappa shape index (κ3) is 3.45. The van der Waals surface area contributed by atoms with Crippen molar-refractivity contribution < 1.29 is 9.84 Å². The minimum Gasteiger partial charge on any atom is -0.497 e. The molecule has 0 heterocycles. The third-order valence-corrected chi connectivity index (χ3v) is 4.63. The van der Waals surface area contributed by atoms with Gasteiger partial charge in [0.1, 0.15) is 5.75 Å². The SMILES string of the molecule is COc1ccc(NC2(CO)CCCC(C(C)C)C2)cc1. The predicted molar refractivity (Wildman–Crippen MR) is 83.2 cm³/mol. The van der Waals surface area contributed by atoms with Gasteiger partial charge in [0.15, 0.2) is 0 Å². The number of nitrogens with one attached hydrogen (secondary N) is 1. The lowest BCUT2D eigenvalue weighted by atomic mass is 9.72. The first kappa shape index (κ1) is 15.2. The first-order valence-corrected chi connectivity index (χ1v) is 7.62. The number of rotatable bonds is 5. The molecule has 0 amide bonds. The van der Waals surface area contributed by atoms with Crippen LogP contribution in [0.25, 0.3) is 0 Å². The Morgan fingerprint density at radius 3 is 2.60 bits per heavy atom. The van der Waals surface area contributed by atoms with E-state index in [4.69, 9.17) is 4.74 Å².